The largest absolute Gasteiger partial charge is 0.356 e. The van der Waals surface area contributed by atoms with Gasteiger partial charge in [0.2, 0.25) is 11.8 Å². The van der Waals surface area contributed by atoms with Crippen molar-refractivity contribution >= 4 is 29.3 Å². The minimum Gasteiger partial charge on any atom is -0.356 e. The Morgan fingerprint density at radius 3 is 2.86 bits per heavy atom. The Bertz CT molecular complexity index is 543. The van der Waals surface area contributed by atoms with Gasteiger partial charge in [-0.25, -0.2) is 0 Å². The minimum atomic E-state index is -0.00470. The monoisotopic (exact) mass is 304 g/mol. The lowest BCUT2D eigenvalue weighted by molar-refractivity contribution is -0.125. The van der Waals surface area contributed by atoms with E-state index in [1.54, 1.807) is 11.8 Å². The Labute approximate surface area is 129 Å². The first kappa shape index (κ1) is 14.4. The Hall–Kier alpha value is -1.49. The molecule has 1 N–H and O–H groups in total. The van der Waals surface area contributed by atoms with Gasteiger partial charge in [0, 0.05) is 36.6 Å². The highest BCUT2D eigenvalue weighted by molar-refractivity contribution is 7.99. The zero-order valence-electron chi connectivity index (χ0n) is 12.0. The van der Waals surface area contributed by atoms with Crippen molar-refractivity contribution in [1.29, 1.82) is 0 Å². The van der Waals surface area contributed by atoms with E-state index in [4.69, 9.17) is 0 Å². The summed E-state index contributed by atoms with van der Waals surface area (Å²) in [6, 6.07) is 7.97. The first-order valence-electron chi connectivity index (χ1n) is 7.53. The summed E-state index contributed by atoms with van der Waals surface area (Å²) in [5, 5.41) is 2.91. The molecule has 1 saturated carbocycles. The van der Waals surface area contributed by atoms with Gasteiger partial charge in [-0.2, -0.15) is 0 Å². The molecule has 0 aromatic heterocycles. The summed E-state index contributed by atoms with van der Waals surface area (Å²) in [5.41, 5.74) is 0.983. The van der Waals surface area contributed by atoms with Crippen LogP contribution in [0.1, 0.15) is 25.7 Å². The maximum absolute atomic E-state index is 12.4. The lowest BCUT2D eigenvalue weighted by Gasteiger charge is -2.29. The highest BCUT2D eigenvalue weighted by Gasteiger charge is 2.24. The highest BCUT2D eigenvalue weighted by Crippen LogP contribution is 2.34. The second-order valence-corrected chi connectivity index (χ2v) is 6.75. The molecule has 1 aliphatic heterocycles. The smallest absolute Gasteiger partial charge is 0.227 e. The summed E-state index contributed by atoms with van der Waals surface area (Å²) in [5.74, 6) is 1.63. The van der Waals surface area contributed by atoms with Crippen LogP contribution in [0.4, 0.5) is 5.69 Å². The number of amides is 2. The summed E-state index contributed by atoms with van der Waals surface area (Å²) in [7, 11) is 0. The third-order valence-corrected chi connectivity index (χ3v) is 4.92. The van der Waals surface area contributed by atoms with E-state index in [2.05, 4.69) is 5.32 Å². The minimum absolute atomic E-state index is 0.00470. The number of fused-ring (bicyclic) bond motifs is 1. The molecular formula is C16H20N2O2S. The van der Waals surface area contributed by atoms with Crippen LogP contribution < -0.4 is 10.2 Å². The topological polar surface area (TPSA) is 49.4 Å². The second-order valence-electron chi connectivity index (χ2n) is 5.61. The van der Waals surface area contributed by atoms with E-state index in [9.17, 15) is 9.59 Å². The first-order chi connectivity index (χ1) is 10.2. The van der Waals surface area contributed by atoms with E-state index in [-0.39, 0.29) is 24.7 Å². The fraction of sp³-hybridized carbons (Fsp3) is 0.500. The molecule has 1 aliphatic carbocycles. The van der Waals surface area contributed by atoms with Gasteiger partial charge in [0.25, 0.3) is 0 Å². The molecule has 1 heterocycles. The van der Waals surface area contributed by atoms with Crippen LogP contribution in [-0.2, 0) is 9.59 Å². The lowest BCUT2D eigenvalue weighted by atomic mass is 10.2. The van der Waals surface area contributed by atoms with Crippen molar-refractivity contribution in [3.63, 3.8) is 0 Å². The number of hydrogen-bond donors (Lipinski definition) is 1. The van der Waals surface area contributed by atoms with Gasteiger partial charge in [-0.1, -0.05) is 12.1 Å². The molecule has 1 aromatic carbocycles. The van der Waals surface area contributed by atoms with E-state index in [1.807, 2.05) is 29.2 Å². The van der Waals surface area contributed by atoms with Crippen molar-refractivity contribution in [2.45, 2.75) is 30.6 Å². The standard InChI is InChI=1S/C16H20N2O2S/c19-15(17-11-12-5-6-12)7-8-16(20)18-9-10-21-14-4-2-1-3-13(14)18/h1-4,12H,5-11H2,(H,17,19). The molecule has 0 unspecified atom stereocenters. The van der Waals surface area contributed by atoms with E-state index < -0.39 is 0 Å². The number of anilines is 1. The molecule has 21 heavy (non-hydrogen) atoms. The van der Waals surface area contributed by atoms with Crippen LogP contribution in [0.15, 0.2) is 29.2 Å². The SMILES string of the molecule is O=C(CCC(=O)N1CCSc2ccccc21)NCC1CC1. The summed E-state index contributed by atoms with van der Waals surface area (Å²) in [6.45, 7) is 1.50. The fourth-order valence-electron chi connectivity index (χ4n) is 2.45. The summed E-state index contributed by atoms with van der Waals surface area (Å²) in [4.78, 5) is 27.0. The quantitative estimate of drug-likeness (QED) is 0.909. The average molecular weight is 304 g/mol. The average Bonchev–Trinajstić information content (AvgIpc) is 3.34. The van der Waals surface area contributed by atoms with Gasteiger partial charge in [0.05, 0.1) is 5.69 Å². The van der Waals surface area contributed by atoms with Gasteiger partial charge in [0.15, 0.2) is 0 Å². The van der Waals surface area contributed by atoms with Crippen molar-refractivity contribution in [2.75, 3.05) is 23.7 Å². The van der Waals surface area contributed by atoms with E-state index in [1.165, 1.54) is 12.8 Å². The van der Waals surface area contributed by atoms with Crippen molar-refractivity contribution in [1.82, 2.24) is 5.32 Å². The van der Waals surface area contributed by atoms with Gasteiger partial charge in [-0.05, 0) is 30.9 Å². The molecule has 0 atom stereocenters. The molecule has 0 spiro atoms. The van der Waals surface area contributed by atoms with Crippen LogP contribution in [0.2, 0.25) is 0 Å². The van der Waals surface area contributed by atoms with E-state index in [0.29, 0.717) is 5.92 Å². The van der Waals surface area contributed by atoms with E-state index in [0.717, 1.165) is 29.4 Å². The van der Waals surface area contributed by atoms with Crippen molar-refractivity contribution < 1.29 is 9.59 Å². The van der Waals surface area contributed by atoms with Gasteiger partial charge in [0.1, 0.15) is 0 Å². The second kappa shape index (κ2) is 6.52. The summed E-state index contributed by atoms with van der Waals surface area (Å²) >= 11 is 1.78. The molecule has 0 saturated heterocycles. The molecule has 1 fully saturated rings. The fourth-order valence-corrected chi connectivity index (χ4v) is 3.45. The van der Waals surface area contributed by atoms with Crippen LogP contribution >= 0.6 is 11.8 Å². The zero-order chi connectivity index (χ0) is 14.7. The van der Waals surface area contributed by atoms with Crippen LogP contribution in [0.3, 0.4) is 0 Å². The van der Waals surface area contributed by atoms with Crippen molar-refractivity contribution in [3.8, 4) is 0 Å². The maximum Gasteiger partial charge on any atom is 0.227 e. The Morgan fingerprint density at radius 2 is 2.05 bits per heavy atom. The number of carbonyl (C=O) groups is 2. The molecule has 4 nitrogen and oxygen atoms in total. The number of nitrogens with zero attached hydrogens (tertiary/aromatic N) is 1. The molecular weight excluding hydrogens is 284 g/mol. The highest BCUT2D eigenvalue weighted by atomic mass is 32.2. The Morgan fingerprint density at radius 1 is 1.24 bits per heavy atom. The maximum atomic E-state index is 12.4. The molecule has 0 radical (unpaired) electrons. The number of carbonyl (C=O) groups excluding carboxylic acids is 2. The Kier molecular flexibility index (Phi) is 4.48. The molecule has 0 bridgehead atoms. The number of benzene rings is 1. The van der Waals surface area contributed by atoms with Gasteiger partial charge in [-0.15, -0.1) is 11.8 Å². The van der Waals surface area contributed by atoms with Gasteiger partial charge >= 0.3 is 0 Å². The zero-order valence-corrected chi connectivity index (χ0v) is 12.8. The molecule has 2 aliphatic rings. The molecule has 5 heteroatoms. The predicted octanol–water partition coefficient (Wildman–Crippen LogP) is 2.43. The van der Waals surface area contributed by atoms with Crippen molar-refractivity contribution in [2.24, 2.45) is 5.92 Å². The number of nitrogens with one attached hydrogen (secondary N) is 1. The number of hydrogen-bond acceptors (Lipinski definition) is 3. The van der Waals surface area contributed by atoms with Crippen LogP contribution in [-0.4, -0.2) is 30.7 Å². The first-order valence-corrected chi connectivity index (χ1v) is 8.51. The molecule has 112 valence electrons. The summed E-state index contributed by atoms with van der Waals surface area (Å²) < 4.78 is 0. The van der Waals surface area contributed by atoms with Gasteiger partial charge in [-0.3, -0.25) is 9.59 Å². The van der Waals surface area contributed by atoms with Crippen molar-refractivity contribution in [3.05, 3.63) is 24.3 Å². The number of para-hydroxylation sites is 1. The number of thioether (sulfide) groups is 1. The van der Waals surface area contributed by atoms with E-state index >= 15 is 0 Å². The lowest BCUT2D eigenvalue weighted by Crippen LogP contribution is -2.36. The molecule has 3 rings (SSSR count). The van der Waals surface area contributed by atoms with Crippen LogP contribution in [0, 0.1) is 5.92 Å². The van der Waals surface area contributed by atoms with Crippen LogP contribution in [0.5, 0.6) is 0 Å². The Balaban J connectivity index is 1.52. The number of rotatable bonds is 5. The predicted molar refractivity (Wildman–Crippen MR) is 84.5 cm³/mol. The van der Waals surface area contributed by atoms with Gasteiger partial charge < -0.3 is 10.2 Å². The normalized spacial score (nSPS) is 17.2. The third kappa shape index (κ3) is 3.79. The molecule has 2 amide bonds. The summed E-state index contributed by atoms with van der Waals surface area (Å²) in [6.07, 6.45) is 3.02. The molecule has 1 aromatic rings. The third-order valence-electron chi connectivity index (χ3n) is 3.88. The van der Waals surface area contributed by atoms with Crippen LogP contribution in [0.25, 0.3) is 0 Å².